The van der Waals surface area contributed by atoms with Gasteiger partial charge in [-0.3, -0.25) is 4.79 Å². The highest BCUT2D eigenvalue weighted by Crippen LogP contribution is 2.30. The summed E-state index contributed by atoms with van der Waals surface area (Å²) >= 11 is 0. The minimum Gasteiger partial charge on any atom is -0.474 e. The summed E-state index contributed by atoms with van der Waals surface area (Å²) in [5.74, 6) is -0.138. The number of alkyl halides is 3. The molecule has 6 nitrogen and oxygen atoms in total. The van der Waals surface area contributed by atoms with Crippen molar-refractivity contribution in [2.75, 3.05) is 6.61 Å². The molecular formula is C15H16F3N3O3. The van der Waals surface area contributed by atoms with Gasteiger partial charge in [0.05, 0.1) is 18.4 Å². The Bertz CT molecular complexity index is 696. The minimum atomic E-state index is -4.47. The van der Waals surface area contributed by atoms with Gasteiger partial charge in [0.15, 0.2) is 5.82 Å². The third-order valence-corrected chi connectivity index (χ3v) is 2.92. The molecule has 0 aromatic carbocycles. The Morgan fingerprint density at radius 2 is 2.04 bits per heavy atom. The fraction of sp³-hybridized carbons (Fsp3) is 0.400. The predicted molar refractivity (Wildman–Crippen MR) is 78.1 cm³/mol. The Balaban J connectivity index is 2.28. The first kappa shape index (κ1) is 17.8. The highest BCUT2D eigenvalue weighted by molar-refractivity contribution is 5.72. The lowest BCUT2D eigenvalue weighted by atomic mass is 10.3. The molecule has 0 saturated heterocycles. The zero-order valence-corrected chi connectivity index (χ0v) is 13.1. The third-order valence-electron chi connectivity index (χ3n) is 2.92. The normalized spacial score (nSPS) is 11.4. The van der Waals surface area contributed by atoms with Crippen LogP contribution in [0.15, 0.2) is 24.5 Å². The van der Waals surface area contributed by atoms with Crippen LogP contribution in [0.5, 0.6) is 11.6 Å². The standard InChI is InChI=1S/C15H16F3N3O3/c1-3-5-13(22)24-11-9-21(20-14(11)23-4-2)12-7-6-10(8-19-12)15(16,17)18/h6-9H,3-5H2,1-2H3. The van der Waals surface area contributed by atoms with Crippen molar-refractivity contribution in [1.29, 1.82) is 0 Å². The lowest BCUT2D eigenvalue weighted by Crippen LogP contribution is -2.07. The summed E-state index contributed by atoms with van der Waals surface area (Å²) in [5.41, 5.74) is -0.863. The second-order valence-electron chi connectivity index (χ2n) is 4.80. The zero-order valence-electron chi connectivity index (χ0n) is 13.1. The number of nitrogens with zero attached hydrogens (tertiary/aromatic N) is 3. The van der Waals surface area contributed by atoms with Gasteiger partial charge in [0, 0.05) is 12.6 Å². The Hall–Kier alpha value is -2.58. The number of halogens is 3. The molecule has 9 heteroatoms. The van der Waals surface area contributed by atoms with Crippen LogP contribution in [0.1, 0.15) is 32.3 Å². The summed E-state index contributed by atoms with van der Waals surface area (Å²) in [5, 5.41) is 4.05. The molecule has 2 aromatic heterocycles. The lowest BCUT2D eigenvalue weighted by molar-refractivity contribution is -0.138. The number of rotatable bonds is 6. The van der Waals surface area contributed by atoms with Gasteiger partial charge >= 0.3 is 12.1 Å². The molecule has 0 bridgehead atoms. The number of pyridine rings is 1. The second-order valence-corrected chi connectivity index (χ2v) is 4.80. The maximum atomic E-state index is 12.6. The second kappa shape index (κ2) is 7.33. The summed E-state index contributed by atoms with van der Waals surface area (Å²) in [7, 11) is 0. The molecule has 0 radical (unpaired) electrons. The topological polar surface area (TPSA) is 66.2 Å². The van der Waals surface area contributed by atoms with Gasteiger partial charge in [0.1, 0.15) is 0 Å². The van der Waals surface area contributed by atoms with Gasteiger partial charge in [0.25, 0.3) is 5.88 Å². The summed E-state index contributed by atoms with van der Waals surface area (Å²) in [6, 6.07) is 2.07. The Labute approximate surface area is 136 Å². The van der Waals surface area contributed by atoms with E-state index in [0.29, 0.717) is 12.6 Å². The van der Waals surface area contributed by atoms with E-state index in [0.717, 1.165) is 6.07 Å². The molecule has 2 rings (SSSR count). The van der Waals surface area contributed by atoms with Crippen LogP contribution >= 0.6 is 0 Å². The van der Waals surface area contributed by atoms with Crippen LogP contribution in [-0.4, -0.2) is 27.3 Å². The molecule has 24 heavy (non-hydrogen) atoms. The van der Waals surface area contributed by atoms with Crippen LogP contribution in [0, 0.1) is 0 Å². The number of aromatic nitrogens is 3. The number of hydrogen-bond donors (Lipinski definition) is 0. The molecule has 0 aliphatic heterocycles. The monoisotopic (exact) mass is 343 g/mol. The van der Waals surface area contributed by atoms with Crippen LogP contribution in [0.4, 0.5) is 13.2 Å². The summed E-state index contributed by atoms with van der Waals surface area (Å²) in [6.07, 6.45) is -1.56. The molecule has 0 saturated carbocycles. The van der Waals surface area contributed by atoms with Crippen molar-refractivity contribution in [3.63, 3.8) is 0 Å². The molecule has 0 amide bonds. The highest BCUT2D eigenvalue weighted by Gasteiger charge is 2.30. The number of carbonyl (C=O) groups excluding carboxylic acids is 1. The summed E-state index contributed by atoms with van der Waals surface area (Å²) < 4.78 is 49.3. The van der Waals surface area contributed by atoms with Crippen molar-refractivity contribution in [1.82, 2.24) is 14.8 Å². The van der Waals surface area contributed by atoms with Gasteiger partial charge in [-0.25, -0.2) is 9.67 Å². The quantitative estimate of drug-likeness (QED) is 0.752. The number of esters is 1. The van der Waals surface area contributed by atoms with Gasteiger partial charge in [-0.15, -0.1) is 5.10 Å². The SMILES string of the molecule is CCCC(=O)Oc1cn(-c2ccc(C(F)(F)F)cn2)nc1OCC. The van der Waals surface area contributed by atoms with E-state index in [-0.39, 0.29) is 30.5 Å². The van der Waals surface area contributed by atoms with E-state index in [1.54, 1.807) is 6.92 Å². The minimum absolute atomic E-state index is 0.0728. The van der Waals surface area contributed by atoms with Crippen molar-refractivity contribution < 1.29 is 27.4 Å². The zero-order chi connectivity index (χ0) is 17.7. The fourth-order valence-corrected chi connectivity index (χ4v) is 1.83. The average Bonchev–Trinajstić information content (AvgIpc) is 2.90. The molecule has 0 N–H and O–H groups in total. The number of carbonyl (C=O) groups is 1. The predicted octanol–water partition coefficient (Wildman–Crippen LogP) is 3.39. The van der Waals surface area contributed by atoms with Gasteiger partial charge < -0.3 is 9.47 Å². The highest BCUT2D eigenvalue weighted by atomic mass is 19.4. The van der Waals surface area contributed by atoms with Crippen molar-refractivity contribution in [2.45, 2.75) is 32.9 Å². The molecule has 0 spiro atoms. The fourth-order valence-electron chi connectivity index (χ4n) is 1.83. The Morgan fingerprint density at radius 3 is 2.58 bits per heavy atom. The van der Waals surface area contributed by atoms with Crippen molar-refractivity contribution in [3.8, 4) is 17.4 Å². The third kappa shape index (κ3) is 4.24. The van der Waals surface area contributed by atoms with E-state index in [9.17, 15) is 18.0 Å². The van der Waals surface area contributed by atoms with Crippen LogP contribution in [0.25, 0.3) is 5.82 Å². The van der Waals surface area contributed by atoms with E-state index in [4.69, 9.17) is 9.47 Å². The van der Waals surface area contributed by atoms with Crippen LogP contribution in [0.3, 0.4) is 0 Å². The van der Waals surface area contributed by atoms with E-state index >= 15 is 0 Å². The first-order chi connectivity index (χ1) is 11.3. The maximum absolute atomic E-state index is 12.6. The summed E-state index contributed by atoms with van der Waals surface area (Å²) in [6.45, 7) is 3.85. The molecular weight excluding hydrogens is 327 g/mol. The Morgan fingerprint density at radius 1 is 1.29 bits per heavy atom. The molecule has 0 aliphatic rings. The smallest absolute Gasteiger partial charge is 0.417 e. The van der Waals surface area contributed by atoms with Crippen molar-refractivity contribution in [3.05, 3.63) is 30.1 Å². The van der Waals surface area contributed by atoms with Crippen LogP contribution in [-0.2, 0) is 11.0 Å². The van der Waals surface area contributed by atoms with E-state index in [1.807, 2.05) is 6.92 Å². The number of ether oxygens (including phenoxy) is 2. The average molecular weight is 343 g/mol. The molecule has 2 aromatic rings. The Kier molecular flexibility index (Phi) is 5.42. The molecule has 0 unspecified atom stereocenters. The number of hydrogen-bond acceptors (Lipinski definition) is 5. The van der Waals surface area contributed by atoms with Gasteiger partial charge in [0.2, 0.25) is 5.75 Å². The van der Waals surface area contributed by atoms with Gasteiger partial charge in [-0.2, -0.15) is 13.2 Å². The maximum Gasteiger partial charge on any atom is 0.417 e. The van der Waals surface area contributed by atoms with Crippen LogP contribution < -0.4 is 9.47 Å². The van der Waals surface area contributed by atoms with Gasteiger partial charge in [-0.1, -0.05) is 6.92 Å². The summed E-state index contributed by atoms with van der Waals surface area (Å²) in [4.78, 5) is 15.3. The van der Waals surface area contributed by atoms with Crippen molar-refractivity contribution in [2.24, 2.45) is 0 Å². The van der Waals surface area contributed by atoms with Gasteiger partial charge in [-0.05, 0) is 25.5 Å². The van der Waals surface area contributed by atoms with E-state index < -0.39 is 17.7 Å². The molecule has 130 valence electrons. The van der Waals surface area contributed by atoms with E-state index in [1.165, 1.54) is 16.9 Å². The first-order valence-electron chi connectivity index (χ1n) is 7.32. The molecule has 0 atom stereocenters. The molecule has 0 fully saturated rings. The molecule has 2 heterocycles. The lowest BCUT2D eigenvalue weighted by Gasteiger charge is -2.06. The van der Waals surface area contributed by atoms with Crippen molar-refractivity contribution >= 4 is 5.97 Å². The van der Waals surface area contributed by atoms with E-state index in [2.05, 4.69) is 10.1 Å². The molecule has 0 aliphatic carbocycles. The largest absolute Gasteiger partial charge is 0.474 e. The first-order valence-corrected chi connectivity index (χ1v) is 7.32. The van der Waals surface area contributed by atoms with Crippen LogP contribution in [0.2, 0.25) is 0 Å².